The molecule has 0 bridgehead atoms. The molecule has 2 N–H and O–H groups in total. The van der Waals surface area contributed by atoms with Crippen molar-refractivity contribution in [3.05, 3.63) is 41.7 Å². The van der Waals surface area contributed by atoms with E-state index in [9.17, 15) is 9.90 Å². The van der Waals surface area contributed by atoms with Crippen LogP contribution in [0.15, 0.2) is 36.1 Å². The van der Waals surface area contributed by atoms with Gasteiger partial charge in [0, 0.05) is 31.1 Å². The molecule has 0 aromatic heterocycles. The Morgan fingerprint density at radius 1 is 1.29 bits per heavy atom. The summed E-state index contributed by atoms with van der Waals surface area (Å²) >= 11 is 0. The van der Waals surface area contributed by atoms with Gasteiger partial charge < -0.3 is 24.6 Å². The number of hydrogen-bond acceptors (Lipinski definition) is 5. The zero-order chi connectivity index (χ0) is 19.9. The van der Waals surface area contributed by atoms with Crippen molar-refractivity contribution in [1.29, 1.82) is 0 Å². The lowest BCUT2D eigenvalue weighted by Gasteiger charge is -2.37. The molecule has 28 heavy (non-hydrogen) atoms. The molecule has 6 nitrogen and oxygen atoms in total. The first-order valence-electron chi connectivity index (χ1n) is 10.2. The average Bonchev–Trinajstić information content (AvgIpc) is 2.69. The number of amides is 1. The zero-order valence-corrected chi connectivity index (χ0v) is 16.7. The lowest BCUT2D eigenvalue weighted by Crippen LogP contribution is -2.43. The van der Waals surface area contributed by atoms with Crippen molar-refractivity contribution >= 4 is 5.91 Å². The summed E-state index contributed by atoms with van der Waals surface area (Å²) in [5.41, 5.74) is 1.07. The maximum atomic E-state index is 12.7. The van der Waals surface area contributed by atoms with Crippen molar-refractivity contribution in [2.45, 2.75) is 57.3 Å². The third-order valence-electron chi connectivity index (χ3n) is 5.58. The Hall–Kier alpha value is -2.05. The Labute approximate surface area is 166 Å². The summed E-state index contributed by atoms with van der Waals surface area (Å²) in [6.07, 6.45) is 5.99. The second kappa shape index (κ2) is 9.94. The molecule has 1 amide bonds. The van der Waals surface area contributed by atoms with Crippen molar-refractivity contribution in [2.75, 3.05) is 20.3 Å². The minimum Gasteiger partial charge on any atom is -0.497 e. The molecular formula is C22H31NO5. The molecule has 0 unspecified atom stereocenters. The fourth-order valence-corrected chi connectivity index (χ4v) is 3.78. The maximum absolute atomic E-state index is 12.7. The first-order chi connectivity index (χ1) is 13.7. The van der Waals surface area contributed by atoms with Gasteiger partial charge >= 0.3 is 0 Å². The number of methoxy groups -OCH3 is 1. The van der Waals surface area contributed by atoms with Gasteiger partial charge in [0.15, 0.2) is 5.76 Å². The van der Waals surface area contributed by atoms with Gasteiger partial charge in [0.05, 0.1) is 7.11 Å². The zero-order valence-electron chi connectivity index (χ0n) is 16.7. The summed E-state index contributed by atoms with van der Waals surface area (Å²) in [4.78, 5) is 12.7. The van der Waals surface area contributed by atoms with E-state index in [1.54, 1.807) is 7.11 Å². The predicted molar refractivity (Wildman–Crippen MR) is 106 cm³/mol. The van der Waals surface area contributed by atoms with E-state index in [0.717, 1.165) is 37.0 Å². The summed E-state index contributed by atoms with van der Waals surface area (Å²) in [5, 5.41) is 12.4. The van der Waals surface area contributed by atoms with E-state index >= 15 is 0 Å². The van der Waals surface area contributed by atoms with Gasteiger partial charge in [-0.15, -0.1) is 0 Å². The summed E-state index contributed by atoms with van der Waals surface area (Å²) in [6.45, 7) is 2.53. The van der Waals surface area contributed by atoms with Crippen molar-refractivity contribution < 1.29 is 24.1 Å². The van der Waals surface area contributed by atoms with E-state index < -0.39 is 6.29 Å². The van der Waals surface area contributed by atoms with E-state index in [-0.39, 0.29) is 30.4 Å². The molecule has 1 aliphatic carbocycles. The van der Waals surface area contributed by atoms with Crippen LogP contribution in [-0.4, -0.2) is 43.7 Å². The first-order valence-corrected chi connectivity index (χ1v) is 10.2. The van der Waals surface area contributed by atoms with E-state index in [2.05, 4.69) is 5.32 Å². The van der Waals surface area contributed by atoms with Crippen LogP contribution in [0.1, 0.15) is 50.5 Å². The number of aliphatic hydroxyl groups excluding tert-OH is 1. The molecule has 1 heterocycles. The molecule has 3 atom stereocenters. The second-order valence-corrected chi connectivity index (χ2v) is 7.40. The highest BCUT2D eigenvalue weighted by Gasteiger charge is 2.38. The number of nitrogens with one attached hydrogen (secondary N) is 1. The largest absolute Gasteiger partial charge is 0.497 e. The number of benzene rings is 1. The van der Waals surface area contributed by atoms with Crippen molar-refractivity contribution in [3.8, 4) is 5.75 Å². The standard InChI is InChI=1S/C22H31NO5/c1-3-27-22-18(8-5-13-24)19(15-9-11-17(26-2)12-10-15)14-20(28-22)21(25)23-16-6-4-7-16/h9-12,14,16,18-19,22,24H,3-8,13H2,1-2H3,(H,23,25)/t18-,19+,22+/m0/s1. The van der Waals surface area contributed by atoms with Crippen LogP contribution < -0.4 is 10.1 Å². The maximum Gasteiger partial charge on any atom is 0.286 e. The van der Waals surface area contributed by atoms with Crippen LogP contribution in [0.5, 0.6) is 5.75 Å². The van der Waals surface area contributed by atoms with E-state index in [1.165, 1.54) is 0 Å². The van der Waals surface area contributed by atoms with Crippen molar-refractivity contribution in [1.82, 2.24) is 5.32 Å². The Morgan fingerprint density at radius 2 is 2.04 bits per heavy atom. The Balaban J connectivity index is 1.88. The summed E-state index contributed by atoms with van der Waals surface area (Å²) < 4.78 is 17.1. The number of ether oxygens (including phenoxy) is 3. The summed E-state index contributed by atoms with van der Waals surface area (Å²) in [7, 11) is 1.64. The van der Waals surface area contributed by atoms with Gasteiger partial charge in [0.2, 0.25) is 6.29 Å². The third-order valence-corrected chi connectivity index (χ3v) is 5.58. The van der Waals surface area contributed by atoms with Crippen LogP contribution in [0, 0.1) is 5.92 Å². The molecule has 0 radical (unpaired) electrons. The molecule has 1 aromatic carbocycles. The first kappa shape index (κ1) is 20.7. The smallest absolute Gasteiger partial charge is 0.286 e. The van der Waals surface area contributed by atoms with Crippen molar-refractivity contribution in [3.63, 3.8) is 0 Å². The SMILES string of the molecule is CCO[C@@H]1OC(C(=O)NC2CCC2)=C[C@H](c2ccc(OC)cc2)[C@@H]1CCCO. The highest BCUT2D eigenvalue weighted by atomic mass is 16.7. The molecule has 2 aliphatic rings. The molecule has 1 aromatic rings. The number of allylic oxidation sites excluding steroid dienone is 1. The monoisotopic (exact) mass is 389 g/mol. The van der Waals surface area contributed by atoms with Crippen molar-refractivity contribution in [2.24, 2.45) is 5.92 Å². The highest BCUT2D eigenvalue weighted by Crippen LogP contribution is 2.40. The van der Waals surface area contributed by atoms with Gasteiger partial charge in [-0.2, -0.15) is 0 Å². The van der Waals surface area contributed by atoms with Crippen LogP contribution in [0.25, 0.3) is 0 Å². The number of hydrogen-bond donors (Lipinski definition) is 2. The van der Waals surface area contributed by atoms with Gasteiger partial charge in [0.25, 0.3) is 5.91 Å². The lowest BCUT2D eigenvalue weighted by molar-refractivity contribution is -0.167. The van der Waals surface area contributed by atoms with Gasteiger partial charge in [-0.1, -0.05) is 12.1 Å². The van der Waals surface area contributed by atoms with Crippen LogP contribution in [0.4, 0.5) is 0 Å². The van der Waals surface area contributed by atoms with Gasteiger partial charge in [0.1, 0.15) is 5.75 Å². The summed E-state index contributed by atoms with van der Waals surface area (Å²) in [5.74, 6) is 0.918. The Morgan fingerprint density at radius 3 is 2.61 bits per heavy atom. The lowest BCUT2D eigenvalue weighted by atomic mass is 9.80. The van der Waals surface area contributed by atoms with Gasteiger partial charge in [-0.3, -0.25) is 4.79 Å². The molecule has 3 rings (SSSR count). The second-order valence-electron chi connectivity index (χ2n) is 7.40. The number of rotatable bonds is 9. The normalized spacial score (nSPS) is 24.7. The number of carbonyl (C=O) groups is 1. The van der Waals surface area contributed by atoms with Crippen LogP contribution in [-0.2, 0) is 14.3 Å². The number of aliphatic hydroxyl groups is 1. The third kappa shape index (κ3) is 4.86. The molecule has 0 spiro atoms. The fourth-order valence-electron chi connectivity index (χ4n) is 3.78. The molecule has 1 fully saturated rings. The molecule has 1 aliphatic heterocycles. The Kier molecular flexibility index (Phi) is 7.34. The molecular weight excluding hydrogens is 358 g/mol. The number of carbonyl (C=O) groups excluding carboxylic acids is 1. The van der Waals surface area contributed by atoms with E-state index in [0.29, 0.717) is 18.8 Å². The Bertz CT molecular complexity index is 668. The average molecular weight is 389 g/mol. The minimum atomic E-state index is -0.518. The highest BCUT2D eigenvalue weighted by molar-refractivity contribution is 5.92. The van der Waals surface area contributed by atoms with Crippen LogP contribution in [0.2, 0.25) is 0 Å². The van der Waals surface area contributed by atoms with Gasteiger partial charge in [-0.25, -0.2) is 0 Å². The van der Waals surface area contributed by atoms with E-state index in [1.807, 2.05) is 37.3 Å². The fraction of sp³-hybridized carbons (Fsp3) is 0.591. The summed E-state index contributed by atoms with van der Waals surface area (Å²) in [6, 6.07) is 8.12. The van der Waals surface area contributed by atoms with E-state index in [4.69, 9.17) is 14.2 Å². The molecule has 1 saturated carbocycles. The topological polar surface area (TPSA) is 77.0 Å². The van der Waals surface area contributed by atoms with Crippen LogP contribution >= 0.6 is 0 Å². The minimum absolute atomic E-state index is 0.0146. The van der Waals surface area contributed by atoms with Gasteiger partial charge in [-0.05, 0) is 62.8 Å². The van der Waals surface area contributed by atoms with Crippen LogP contribution in [0.3, 0.4) is 0 Å². The predicted octanol–water partition coefficient (Wildman–Crippen LogP) is 3.11. The molecule has 0 saturated heterocycles. The quantitative estimate of drug-likeness (QED) is 0.679. The molecule has 6 heteroatoms. The molecule has 154 valence electrons.